The predicted molar refractivity (Wildman–Crippen MR) is 103 cm³/mol. The maximum Gasteiger partial charge on any atom is 0.251 e. The Labute approximate surface area is 158 Å². The smallest absolute Gasteiger partial charge is 0.251 e. The largest absolute Gasteiger partial charge is 0.322 e. The standard InChI is InChI=1S/C20H21FN2O3S/c1-15(13-16-7-2-3-10-19(16)21)20(24)22-17-8-6-9-18(14-17)27(25,26)23-11-4-5-12-23/h2-3,6-10,13-14H,4-5,11-12H2,1H3,(H,22,24)/b15-13+. The molecule has 0 spiro atoms. The molecule has 0 saturated carbocycles. The lowest BCUT2D eigenvalue weighted by atomic mass is 10.1. The Balaban J connectivity index is 1.78. The summed E-state index contributed by atoms with van der Waals surface area (Å²) in [5.41, 5.74) is 1.00. The summed E-state index contributed by atoms with van der Waals surface area (Å²) in [6.07, 6.45) is 3.17. The minimum atomic E-state index is -3.55. The maximum atomic E-state index is 13.7. The van der Waals surface area contributed by atoms with Crippen molar-refractivity contribution < 1.29 is 17.6 Å². The Morgan fingerprint density at radius 3 is 2.52 bits per heavy atom. The molecule has 142 valence electrons. The normalized spacial score (nSPS) is 15.7. The lowest BCUT2D eigenvalue weighted by Crippen LogP contribution is -2.27. The SMILES string of the molecule is C/C(=C\c1ccccc1F)C(=O)Nc1cccc(S(=O)(=O)N2CCCC2)c1. The van der Waals surface area contributed by atoms with Crippen LogP contribution in [0.1, 0.15) is 25.3 Å². The Kier molecular flexibility index (Phi) is 5.72. The van der Waals surface area contributed by atoms with E-state index in [0.29, 0.717) is 29.9 Å². The number of carbonyl (C=O) groups is 1. The quantitative estimate of drug-likeness (QED) is 0.795. The highest BCUT2D eigenvalue weighted by Gasteiger charge is 2.27. The van der Waals surface area contributed by atoms with Crippen LogP contribution in [0.4, 0.5) is 10.1 Å². The van der Waals surface area contributed by atoms with Gasteiger partial charge in [-0.25, -0.2) is 12.8 Å². The molecule has 5 nitrogen and oxygen atoms in total. The Bertz CT molecular complexity index is 980. The third-order valence-corrected chi connectivity index (χ3v) is 6.32. The zero-order valence-corrected chi connectivity index (χ0v) is 15.8. The van der Waals surface area contributed by atoms with E-state index in [2.05, 4.69) is 5.32 Å². The highest BCUT2D eigenvalue weighted by molar-refractivity contribution is 7.89. The fourth-order valence-corrected chi connectivity index (χ4v) is 4.50. The zero-order valence-electron chi connectivity index (χ0n) is 15.0. The van der Waals surface area contributed by atoms with Crippen molar-refractivity contribution in [3.05, 3.63) is 65.5 Å². The van der Waals surface area contributed by atoms with E-state index >= 15 is 0 Å². The number of hydrogen-bond donors (Lipinski definition) is 1. The van der Waals surface area contributed by atoms with E-state index in [4.69, 9.17) is 0 Å². The van der Waals surface area contributed by atoms with Crippen molar-refractivity contribution in [1.29, 1.82) is 0 Å². The highest BCUT2D eigenvalue weighted by atomic mass is 32.2. The van der Waals surface area contributed by atoms with Crippen molar-refractivity contribution in [2.75, 3.05) is 18.4 Å². The van der Waals surface area contributed by atoms with E-state index in [0.717, 1.165) is 12.8 Å². The molecule has 0 aliphatic carbocycles. The van der Waals surface area contributed by atoms with Gasteiger partial charge in [0.2, 0.25) is 10.0 Å². The first-order chi connectivity index (χ1) is 12.9. The second-order valence-electron chi connectivity index (χ2n) is 6.44. The summed E-state index contributed by atoms with van der Waals surface area (Å²) in [6.45, 7) is 2.61. The lowest BCUT2D eigenvalue weighted by Gasteiger charge is -2.16. The lowest BCUT2D eigenvalue weighted by molar-refractivity contribution is -0.112. The number of rotatable bonds is 5. The molecule has 1 aliphatic rings. The van der Waals surface area contributed by atoms with Gasteiger partial charge in [-0.2, -0.15) is 4.31 Å². The van der Waals surface area contributed by atoms with Gasteiger partial charge in [0.25, 0.3) is 5.91 Å². The summed E-state index contributed by atoms with van der Waals surface area (Å²) in [5.74, 6) is -0.836. The first-order valence-electron chi connectivity index (χ1n) is 8.72. The Hall–Kier alpha value is -2.51. The summed E-state index contributed by atoms with van der Waals surface area (Å²) < 4.78 is 40.5. The highest BCUT2D eigenvalue weighted by Crippen LogP contribution is 2.23. The molecule has 1 amide bonds. The van der Waals surface area contributed by atoms with E-state index < -0.39 is 21.7 Å². The van der Waals surface area contributed by atoms with Crippen molar-refractivity contribution in [2.24, 2.45) is 0 Å². The van der Waals surface area contributed by atoms with Crippen LogP contribution < -0.4 is 5.32 Å². The van der Waals surface area contributed by atoms with Gasteiger partial charge in [-0.1, -0.05) is 24.3 Å². The van der Waals surface area contributed by atoms with Gasteiger partial charge in [0.05, 0.1) is 4.90 Å². The van der Waals surface area contributed by atoms with Gasteiger partial charge >= 0.3 is 0 Å². The molecule has 1 heterocycles. The molecule has 1 N–H and O–H groups in total. The second-order valence-corrected chi connectivity index (χ2v) is 8.38. The minimum Gasteiger partial charge on any atom is -0.322 e. The number of benzene rings is 2. The van der Waals surface area contributed by atoms with Crippen LogP contribution in [0.5, 0.6) is 0 Å². The Morgan fingerprint density at radius 1 is 1.11 bits per heavy atom. The number of anilines is 1. The molecule has 3 rings (SSSR count). The number of hydrogen-bond acceptors (Lipinski definition) is 3. The van der Waals surface area contributed by atoms with Crippen LogP contribution >= 0.6 is 0 Å². The number of nitrogens with zero attached hydrogens (tertiary/aromatic N) is 1. The fourth-order valence-electron chi connectivity index (χ4n) is 2.93. The average Bonchev–Trinajstić information content (AvgIpc) is 3.19. The first-order valence-corrected chi connectivity index (χ1v) is 10.2. The van der Waals surface area contributed by atoms with Crippen LogP contribution in [0.25, 0.3) is 6.08 Å². The molecule has 0 radical (unpaired) electrons. The molecular weight excluding hydrogens is 367 g/mol. The monoisotopic (exact) mass is 388 g/mol. The van der Waals surface area contributed by atoms with Gasteiger partial charge in [-0.3, -0.25) is 4.79 Å². The first kappa shape index (κ1) is 19.3. The van der Waals surface area contributed by atoms with Gasteiger partial charge in [-0.15, -0.1) is 0 Å². The van der Waals surface area contributed by atoms with Crippen LogP contribution in [0.3, 0.4) is 0 Å². The predicted octanol–water partition coefficient (Wildman–Crippen LogP) is 3.65. The van der Waals surface area contributed by atoms with Crippen LogP contribution in [-0.4, -0.2) is 31.7 Å². The number of carbonyl (C=O) groups excluding carboxylic acids is 1. The molecule has 1 fully saturated rings. The van der Waals surface area contributed by atoms with E-state index in [1.165, 1.54) is 28.6 Å². The van der Waals surface area contributed by atoms with Crippen LogP contribution in [0.15, 0.2) is 59.0 Å². The average molecular weight is 388 g/mol. The maximum absolute atomic E-state index is 13.7. The number of halogens is 1. The van der Waals surface area contributed by atoms with Crippen molar-refractivity contribution in [3.8, 4) is 0 Å². The third kappa shape index (κ3) is 4.43. The van der Waals surface area contributed by atoms with E-state index in [9.17, 15) is 17.6 Å². The molecule has 1 saturated heterocycles. The number of nitrogens with one attached hydrogen (secondary N) is 1. The molecular formula is C20H21FN2O3S. The molecule has 0 bridgehead atoms. The van der Waals surface area contributed by atoms with E-state index in [1.807, 2.05) is 0 Å². The second kappa shape index (κ2) is 8.02. The topological polar surface area (TPSA) is 66.5 Å². The molecule has 0 aromatic heterocycles. The zero-order chi connectivity index (χ0) is 19.4. The molecule has 27 heavy (non-hydrogen) atoms. The summed E-state index contributed by atoms with van der Waals surface area (Å²) in [5, 5.41) is 2.67. The molecule has 0 atom stereocenters. The van der Waals surface area contributed by atoms with E-state index in [-0.39, 0.29) is 4.90 Å². The van der Waals surface area contributed by atoms with Crippen molar-refractivity contribution in [1.82, 2.24) is 4.31 Å². The van der Waals surface area contributed by atoms with Gasteiger partial charge in [-0.05, 0) is 50.1 Å². The fraction of sp³-hybridized carbons (Fsp3) is 0.250. The Morgan fingerprint density at radius 2 is 1.81 bits per heavy atom. The van der Waals surface area contributed by atoms with Gasteiger partial charge in [0, 0.05) is 29.9 Å². The van der Waals surface area contributed by atoms with Crippen LogP contribution in [0, 0.1) is 5.82 Å². The van der Waals surface area contributed by atoms with Crippen LogP contribution in [-0.2, 0) is 14.8 Å². The van der Waals surface area contributed by atoms with Gasteiger partial charge in [0.1, 0.15) is 5.82 Å². The molecule has 7 heteroatoms. The number of amides is 1. The number of sulfonamides is 1. The molecule has 0 unspecified atom stereocenters. The van der Waals surface area contributed by atoms with Crippen molar-refractivity contribution in [2.45, 2.75) is 24.7 Å². The minimum absolute atomic E-state index is 0.151. The van der Waals surface area contributed by atoms with Crippen LogP contribution in [0.2, 0.25) is 0 Å². The summed E-state index contributed by atoms with van der Waals surface area (Å²) >= 11 is 0. The van der Waals surface area contributed by atoms with Crippen molar-refractivity contribution in [3.63, 3.8) is 0 Å². The molecule has 1 aliphatic heterocycles. The molecule has 2 aromatic rings. The third-order valence-electron chi connectivity index (χ3n) is 4.43. The van der Waals surface area contributed by atoms with E-state index in [1.54, 1.807) is 37.3 Å². The molecule has 2 aromatic carbocycles. The van der Waals surface area contributed by atoms with Gasteiger partial charge < -0.3 is 5.32 Å². The summed E-state index contributed by atoms with van der Waals surface area (Å²) in [4.78, 5) is 12.5. The summed E-state index contributed by atoms with van der Waals surface area (Å²) in [6, 6.07) is 12.3. The summed E-state index contributed by atoms with van der Waals surface area (Å²) in [7, 11) is -3.55. The van der Waals surface area contributed by atoms with Gasteiger partial charge in [0.15, 0.2) is 0 Å². The van der Waals surface area contributed by atoms with Crippen molar-refractivity contribution >= 4 is 27.7 Å².